The van der Waals surface area contributed by atoms with E-state index in [0.717, 1.165) is 5.56 Å². The smallest absolute Gasteiger partial charge is 0.336 e. The fraction of sp³-hybridized carbons (Fsp3) is 0.172. The zero-order valence-corrected chi connectivity index (χ0v) is 20.4. The van der Waals surface area contributed by atoms with Gasteiger partial charge in [-0.15, -0.1) is 0 Å². The van der Waals surface area contributed by atoms with Crippen LogP contribution in [0.2, 0.25) is 0 Å². The lowest BCUT2D eigenvalue weighted by Gasteiger charge is -2.13. The highest BCUT2D eigenvalue weighted by Gasteiger charge is 2.23. The highest BCUT2D eigenvalue weighted by molar-refractivity contribution is 6.13. The van der Waals surface area contributed by atoms with Gasteiger partial charge in [-0.05, 0) is 48.9 Å². The second-order valence-corrected chi connectivity index (χ2v) is 8.40. The first-order chi connectivity index (χ1) is 18.0. The van der Waals surface area contributed by atoms with Crippen molar-refractivity contribution in [1.82, 2.24) is 0 Å². The Balaban J connectivity index is 1.66. The van der Waals surface area contributed by atoms with Crippen LogP contribution in [0.4, 0.5) is 5.69 Å². The predicted octanol–water partition coefficient (Wildman–Crippen LogP) is 5.77. The van der Waals surface area contributed by atoms with Crippen molar-refractivity contribution in [2.24, 2.45) is 0 Å². The number of fused-ring (bicyclic) bond motifs is 2. The van der Waals surface area contributed by atoms with Gasteiger partial charge in [0.15, 0.2) is 12.6 Å². The number of amides is 1. The average molecular weight is 500 g/mol. The van der Waals surface area contributed by atoms with Crippen molar-refractivity contribution in [3.8, 4) is 17.1 Å². The SMILES string of the molecule is COCCOCOc1cc(C)cc2oc(=O)cc(-c3oc4ccccc4c3NC(=O)c3ccccc3)c12. The van der Waals surface area contributed by atoms with Crippen LogP contribution in [0.1, 0.15) is 15.9 Å². The van der Waals surface area contributed by atoms with Gasteiger partial charge in [-0.2, -0.15) is 0 Å². The number of nitrogens with one attached hydrogen (secondary N) is 1. The number of para-hydroxylation sites is 1. The molecule has 8 heteroatoms. The van der Waals surface area contributed by atoms with Crippen LogP contribution in [0, 0.1) is 6.92 Å². The maximum atomic E-state index is 13.1. The van der Waals surface area contributed by atoms with Crippen molar-refractivity contribution in [3.63, 3.8) is 0 Å². The van der Waals surface area contributed by atoms with Gasteiger partial charge in [0.05, 0.1) is 24.3 Å². The Hall–Kier alpha value is -4.40. The van der Waals surface area contributed by atoms with Crippen LogP contribution in [0.15, 0.2) is 86.4 Å². The molecule has 0 fully saturated rings. The number of methoxy groups -OCH3 is 1. The largest absolute Gasteiger partial charge is 0.467 e. The Morgan fingerprint density at radius 3 is 2.51 bits per heavy atom. The number of hydrogen-bond donors (Lipinski definition) is 1. The molecule has 0 spiro atoms. The molecule has 0 unspecified atom stereocenters. The molecule has 0 aliphatic rings. The predicted molar refractivity (Wildman–Crippen MR) is 140 cm³/mol. The van der Waals surface area contributed by atoms with Crippen molar-refractivity contribution in [3.05, 3.63) is 94.3 Å². The molecule has 0 bridgehead atoms. The molecule has 0 atom stereocenters. The number of hydrogen-bond acceptors (Lipinski definition) is 7. The Morgan fingerprint density at radius 1 is 0.919 bits per heavy atom. The van der Waals surface area contributed by atoms with E-state index in [1.807, 2.05) is 37.3 Å². The van der Waals surface area contributed by atoms with Crippen LogP contribution in [-0.2, 0) is 9.47 Å². The fourth-order valence-electron chi connectivity index (χ4n) is 4.13. The average Bonchev–Trinajstić information content (AvgIpc) is 3.26. The summed E-state index contributed by atoms with van der Waals surface area (Å²) in [6.45, 7) is 2.64. The van der Waals surface area contributed by atoms with Crippen LogP contribution in [0.5, 0.6) is 5.75 Å². The highest BCUT2D eigenvalue weighted by Crippen LogP contribution is 2.43. The third kappa shape index (κ3) is 5.11. The number of rotatable bonds is 9. The van der Waals surface area contributed by atoms with E-state index in [0.29, 0.717) is 63.5 Å². The Kier molecular flexibility index (Phi) is 7.02. The number of furan rings is 1. The number of carbonyl (C=O) groups is 1. The van der Waals surface area contributed by atoms with E-state index >= 15 is 0 Å². The summed E-state index contributed by atoms with van der Waals surface area (Å²) in [5.41, 5.74) is 2.52. The zero-order valence-electron chi connectivity index (χ0n) is 20.4. The van der Waals surface area contributed by atoms with E-state index in [9.17, 15) is 9.59 Å². The minimum Gasteiger partial charge on any atom is -0.467 e. The van der Waals surface area contributed by atoms with Gasteiger partial charge in [-0.3, -0.25) is 4.79 Å². The van der Waals surface area contributed by atoms with E-state index in [1.54, 1.807) is 43.5 Å². The van der Waals surface area contributed by atoms with E-state index in [1.165, 1.54) is 6.07 Å². The van der Waals surface area contributed by atoms with Gasteiger partial charge in [-0.1, -0.05) is 30.3 Å². The lowest BCUT2D eigenvalue weighted by Crippen LogP contribution is -2.12. The lowest BCUT2D eigenvalue weighted by atomic mass is 10.0. The molecule has 1 N–H and O–H groups in total. The van der Waals surface area contributed by atoms with Gasteiger partial charge in [0.2, 0.25) is 0 Å². The second kappa shape index (κ2) is 10.7. The van der Waals surface area contributed by atoms with Crippen LogP contribution in [-0.4, -0.2) is 33.0 Å². The third-order valence-corrected chi connectivity index (χ3v) is 5.80. The monoisotopic (exact) mass is 499 g/mol. The second-order valence-electron chi connectivity index (χ2n) is 8.40. The minimum atomic E-state index is -0.559. The number of ether oxygens (including phenoxy) is 3. The number of benzene rings is 3. The van der Waals surface area contributed by atoms with Crippen LogP contribution < -0.4 is 15.7 Å². The molecule has 8 nitrogen and oxygen atoms in total. The number of anilines is 1. The molecule has 0 aliphatic carbocycles. The topological polar surface area (TPSA) is 100 Å². The highest BCUT2D eigenvalue weighted by atomic mass is 16.7. The normalized spacial score (nSPS) is 11.2. The molecule has 5 rings (SSSR count). The number of aryl methyl sites for hydroxylation is 1. The van der Waals surface area contributed by atoms with Gasteiger partial charge in [0, 0.05) is 29.7 Å². The van der Waals surface area contributed by atoms with Gasteiger partial charge in [0.25, 0.3) is 5.91 Å². The maximum absolute atomic E-state index is 13.1. The molecule has 2 heterocycles. The van der Waals surface area contributed by atoms with Gasteiger partial charge in [0.1, 0.15) is 16.9 Å². The quantitative estimate of drug-likeness (QED) is 0.156. The first-order valence-corrected chi connectivity index (χ1v) is 11.7. The molecule has 0 radical (unpaired) electrons. The summed E-state index contributed by atoms with van der Waals surface area (Å²) >= 11 is 0. The molecule has 5 aromatic rings. The summed E-state index contributed by atoms with van der Waals surface area (Å²) in [5.74, 6) is 0.462. The van der Waals surface area contributed by atoms with Gasteiger partial charge in [-0.25, -0.2) is 4.79 Å². The van der Waals surface area contributed by atoms with Crippen LogP contribution >= 0.6 is 0 Å². The van der Waals surface area contributed by atoms with Crippen molar-refractivity contribution in [2.75, 3.05) is 32.4 Å². The van der Waals surface area contributed by atoms with E-state index < -0.39 is 5.63 Å². The summed E-state index contributed by atoms with van der Waals surface area (Å²) in [4.78, 5) is 25.8. The molecule has 37 heavy (non-hydrogen) atoms. The zero-order chi connectivity index (χ0) is 25.8. The first-order valence-electron chi connectivity index (χ1n) is 11.7. The third-order valence-electron chi connectivity index (χ3n) is 5.80. The van der Waals surface area contributed by atoms with Gasteiger partial charge < -0.3 is 28.4 Å². The summed E-state index contributed by atoms with van der Waals surface area (Å²) in [6, 6.07) is 21.1. The van der Waals surface area contributed by atoms with E-state index in [2.05, 4.69) is 5.32 Å². The van der Waals surface area contributed by atoms with Crippen molar-refractivity contribution in [1.29, 1.82) is 0 Å². The summed E-state index contributed by atoms with van der Waals surface area (Å²) in [5, 5.41) is 4.20. The fourth-order valence-corrected chi connectivity index (χ4v) is 4.13. The molecule has 0 aliphatic heterocycles. The molecule has 0 saturated heterocycles. The lowest BCUT2D eigenvalue weighted by molar-refractivity contribution is -0.00783. The molecule has 3 aromatic carbocycles. The van der Waals surface area contributed by atoms with Crippen molar-refractivity contribution in [2.45, 2.75) is 6.92 Å². The molecular formula is C29H25NO7. The molecular weight excluding hydrogens is 474 g/mol. The van der Waals surface area contributed by atoms with E-state index in [4.69, 9.17) is 23.0 Å². The van der Waals surface area contributed by atoms with Crippen molar-refractivity contribution >= 4 is 33.5 Å². The Bertz CT molecular complexity index is 1620. The molecule has 188 valence electrons. The summed E-state index contributed by atoms with van der Waals surface area (Å²) in [6.07, 6.45) is 0. The maximum Gasteiger partial charge on any atom is 0.336 e. The van der Waals surface area contributed by atoms with E-state index in [-0.39, 0.29) is 12.7 Å². The minimum absolute atomic E-state index is 0.0296. The standard InChI is InChI=1S/C29H25NO7/c1-18-14-23(35-17-34-13-12-33-2)26-21(16-25(31)36-24(26)15-18)28-27(20-10-6-7-11-22(20)37-28)30-29(32)19-8-4-3-5-9-19/h3-11,14-16H,12-13,17H2,1-2H3,(H,30,32). The first kappa shape index (κ1) is 24.3. The molecule has 1 amide bonds. The van der Waals surface area contributed by atoms with Crippen LogP contribution in [0.25, 0.3) is 33.3 Å². The Morgan fingerprint density at radius 2 is 1.70 bits per heavy atom. The molecule has 0 saturated carbocycles. The van der Waals surface area contributed by atoms with Crippen LogP contribution in [0.3, 0.4) is 0 Å². The summed E-state index contributed by atoms with van der Waals surface area (Å²) < 4.78 is 28.2. The van der Waals surface area contributed by atoms with Crippen molar-refractivity contribution < 1.29 is 27.8 Å². The van der Waals surface area contributed by atoms with Gasteiger partial charge >= 0.3 is 5.63 Å². The number of carbonyl (C=O) groups excluding carboxylic acids is 1. The molecule has 2 aromatic heterocycles. The Labute approximate surface area is 212 Å². The summed E-state index contributed by atoms with van der Waals surface area (Å²) in [7, 11) is 1.59.